The maximum absolute atomic E-state index is 13.2. The van der Waals surface area contributed by atoms with Crippen LogP contribution in [-0.2, 0) is 4.79 Å². The van der Waals surface area contributed by atoms with Crippen LogP contribution in [0.3, 0.4) is 0 Å². The highest BCUT2D eigenvalue weighted by Crippen LogP contribution is 2.40. The summed E-state index contributed by atoms with van der Waals surface area (Å²) in [5.74, 6) is 1.08. The van der Waals surface area contributed by atoms with Crippen LogP contribution in [0.5, 0.6) is 5.75 Å². The molecule has 1 heterocycles. The summed E-state index contributed by atoms with van der Waals surface area (Å²) in [4.78, 5) is 26.1. The molecule has 0 saturated heterocycles. The van der Waals surface area contributed by atoms with Gasteiger partial charge in [0.15, 0.2) is 0 Å². The molecule has 6 heteroatoms. The zero-order valence-electron chi connectivity index (χ0n) is 22.1. The van der Waals surface area contributed by atoms with Crippen LogP contribution in [0.4, 0.5) is 16.2 Å². The van der Waals surface area contributed by atoms with Crippen molar-refractivity contribution in [3.63, 3.8) is 0 Å². The highest BCUT2D eigenvalue weighted by atomic mass is 16.5. The molecule has 5 rings (SSSR count). The maximum Gasteiger partial charge on any atom is 0.326 e. The molecule has 2 amide bonds. The Morgan fingerprint density at radius 1 is 0.947 bits per heavy atom. The molecule has 198 valence electrons. The molecule has 1 aliphatic carbocycles. The van der Waals surface area contributed by atoms with Crippen molar-refractivity contribution in [3.05, 3.63) is 78.4 Å². The highest BCUT2D eigenvalue weighted by Gasteiger charge is 2.32. The number of nitrogens with zero attached hydrogens (tertiary/aromatic N) is 1. The molecule has 0 bridgehead atoms. The Kier molecular flexibility index (Phi) is 7.68. The Balaban J connectivity index is 1.33. The SMILES string of the molecule is CC(C)C1CN(C(=O)Nc2ccccc2)c2ccc(-c3ccc(C4CCC(CC(=O)O)CC4)cc3)cc2O1. The van der Waals surface area contributed by atoms with E-state index in [4.69, 9.17) is 9.84 Å². The third-order valence-corrected chi connectivity index (χ3v) is 7.93. The van der Waals surface area contributed by atoms with E-state index in [0.29, 0.717) is 18.4 Å². The maximum atomic E-state index is 13.2. The first-order valence-corrected chi connectivity index (χ1v) is 13.6. The lowest BCUT2D eigenvalue weighted by Gasteiger charge is -2.36. The van der Waals surface area contributed by atoms with Gasteiger partial charge >= 0.3 is 12.0 Å². The van der Waals surface area contributed by atoms with Crippen molar-refractivity contribution in [1.29, 1.82) is 0 Å². The molecule has 1 atom stereocenters. The van der Waals surface area contributed by atoms with Crippen molar-refractivity contribution in [2.75, 3.05) is 16.8 Å². The Labute approximate surface area is 224 Å². The summed E-state index contributed by atoms with van der Waals surface area (Å²) in [5.41, 5.74) is 5.01. The summed E-state index contributed by atoms with van der Waals surface area (Å²) in [6, 6.07) is 24.1. The molecule has 1 fully saturated rings. The van der Waals surface area contributed by atoms with Gasteiger partial charge in [-0.1, -0.05) is 62.4 Å². The first kappa shape index (κ1) is 25.8. The van der Waals surface area contributed by atoms with Crippen LogP contribution in [0.2, 0.25) is 0 Å². The quantitative estimate of drug-likeness (QED) is 0.357. The number of nitrogens with one attached hydrogen (secondary N) is 1. The molecule has 3 aromatic rings. The van der Waals surface area contributed by atoms with Crippen LogP contribution in [0.15, 0.2) is 72.8 Å². The minimum atomic E-state index is -0.688. The van der Waals surface area contributed by atoms with Gasteiger partial charge in [-0.3, -0.25) is 9.69 Å². The van der Waals surface area contributed by atoms with Crippen LogP contribution in [0.1, 0.15) is 57.4 Å². The summed E-state index contributed by atoms with van der Waals surface area (Å²) in [5, 5.41) is 12.1. The van der Waals surface area contributed by atoms with Crippen molar-refractivity contribution >= 4 is 23.4 Å². The third-order valence-electron chi connectivity index (χ3n) is 7.93. The number of carbonyl (C=O) groups excluding carboxylic acids is 1. The Bertz CT molecular complexity index is 1260. The van der Waals surface area contributed by atoms with Gasteiger partial charge in [0.05, 0.1) is 12.2 Å². The molecule has 2 aliphatic rings. The number of aliphatic carboxylic acids is 1. The van der Waals surface area contributed by atoms with E-state index in [1.165, 1.54) is 5.56 Å². The van der Waals surface area contributed by atoms with E-state index >= 15 is 0 Å². The smallest absolute Gasteiger partial charge is 0.326 e. The number of hydrogen-bond acceptors (Lipinski definition) is 3. The average molecular weight is 513 g/mol. The van der Waals surface area contributed by atoms with E-state index in [2.05, 4.69) is 43.4 Å². The molecule has 3 aromatic carbocycles. The summed E-state index contributed by atoms with van der Waals surface area (Å²) >= 11 is 0. The van der Waals surface area contributed by atoms with E-state index < -0.39 is 5.97 Å². The van der Waals surface area contributed by atoms with Gasteiger partial charge in [0.2, 0.25) is 0 Å². The number of amides is 2. The fourth-order valence-electron chi connectivity index (χ4n) is 5.64. The number of para-hydroxylation sites is 1. The molecular weight excluding hydrogens is 476 g/mol. The van der Waals surface area contributed by atoms with E-state index in [-0.39, 0.29) is 24.5 Å². The van der Waals surface area contributed by atoms with Gasteiger partial charge in [0, 0.05) is 12.1 Å². The standard InChI is InChI=1S/C32H36N2O4/c1-21(2)30-20-34(32(37)33-27-6-4-3-5-7-27)28-17-16-26(19-29(28)38-30)25-14-12-24(13-15-25)23-10-8-22(9-11-23)18-31(35)36/h3-7,12-17,19,21-23,30H,8-11,18,20H2,1-2H3,(H,33,37)(H,35,36). The number of anilines is 2. The van der Waals surface area contributed by atoms with Crippen LogP contribution >= 0.6 is 0 Å². The normalized spacial score (nSPS) is 20.9. The number of carboxylic acids is 1. The van der Waals surface area contributed by atoms with Crippen LogP contribution in [-0.4, -0.2) is 29.8 Å². The van der Waals surface area contributed by atoms with Crippen LogP contribution < -0.4 is 15.0 Å². The molecular formula is C32H36N2O4. The van der Waals surface area contributed by atoms with Crippen molar-refractivity contribution < 1.29 is 19.4 Å². The first-order chi connectivity index (χ1) is 18.4. The summed E-state index contributed by atoms with van der Waals surface area (Å²) in [6.45, 7) is 4.72. The average Bonchev–Trinajstić information content (AvgIpc) is 2.93. The molecule has 0 spiro atoms. The minimum absolute atomic E-state index is 0.0992. The van der Waals surface area contributed by atoms with Crippen molar-refractivity contribution in [1.82, 2.24) is 0 Å². The van der Waals surface area contributed by atoms with Crippen LogP contribution in [0.25, 0.3) is 11.1 Å². The van der Waals surface area contributed by atoms with Gasteiger partial charge in [-0.15, -0.1) is 0 Å². The second kappa shape index (κ2) is 11.3. The number of fused-ring (bicyclic) bond motifs is 1. The van der Waals surface area contributed by atoms with Crippen LogP contribution in [0, 0.1) is 11.8 Å². The lowest BCUT2D eigenvalue weighted by Crippen LogP contribution is -2.47. The molecule has 1 saturated carbocycles. The lowest BCUT2D eigenvalue weighted by atomic mass is 9.77. The van der Waals surface area contributed by atoms with Gasteiger partial charge in [-0.2, -0.15) is 0 Å². The van der Waals surface area contributed by atoms with Gasteiger partial charge in [0.25, 0.3) is 0 Å². The van der Waals surface area contributed by atoms with E-state index in [0.717, 1.165) is 53.9 Å². The Morgan fingerprint density at radius 3 is 2.29 bits per heavy atom. The number of carbonyl (C=O) groups is 2. The molecule has 1 unspecified atom stereocenters. The minimum Gasteiger partial charge on any atom is -0.486 e. The topological polar surface area (TPSA) is 78.9 Å². The summed E-state index contributed by atoms with van der Waals surface area (Å²) in [7, 11) is 0. The molecule has 38 heavy (non-hydrogen) atoms. The van der Waals surface area contributed by atoms with Crippen molar-refractivity contribution in [2.45, 2.75) is 58.0 Å². The van der Waals surface area contributed by atoms with Crippen molar-refractivity contribution in [3.8, 4) is 16.9 Å². The molecule has 2 N–H and O–H groups in total. The molecule has 6 nitrogen and oxygen atoms in total. The first-order valence-electron chi connectivity index (χ1n) is 13.6. The number of hydrogen-bond donors (Lipinski definition) is 2. The third kappa shape index (κ3) is 5.85. The summed E-state index contributed by atoms with van der Waals surface area (Å²) < 4.78 is 6.38. The van der Waals surface area contributed by atoms with Gasteiger partial charge < -0.3 is 15.2 Å². The summed E-state index contributed by atoms with van der Waals surface area (Å²) in [6.07, 6.45) is 4.23. The second-order valence-corrected chi connectivity index (χ2v) is 10.9. The Hall–Kier alpha value is -3.80. The predicted octanol–water partition coefficient (Wildman–Crippen LogP) is 7.56. The van der Waals surface area contributed by atoms with Crippen molar-refractivity contribution in [2.24, 2.45) is 11.8 Å². The van der Waals surface area contributed by atoms with Gasteiger partial charge in [-0.05, 0) is 84.4 Å². The number of rotatable bonds is 6. The fourth-order valence-corrected chi connectivity index (χ4v) is 5.64. The fraction of sp³-hybridized carbons (Fsp3) is 0.375. The lowest BCUT2D eigenvalue weighted by molar-refractivity contribution is -0.138. The number of ether oxygens (including phenoxy) is 1. The zero-order valence-corrected chi connectivity index (χ0v) is 22.1. The number of urea groups is 1. The van der Waals surface area contributed by atoms with E-state index in [1.807, 2.05) is 48.5 Å². The molecule has 0 radical (unpaired) electrons. The highest BCUT2D eigenvalue weighted by molar-refractivity contribution is 6.03. The Morgan fingerprint density at radius 2 is 1.63 bits per heavy atom. The van der Waals surface area contributed by atoms with E-state index in [9.17, 15) is 9.59 Å². The molecule has 1 aliphatic heterocycles. The van der Waals surface area contributed by atoms with E-state index in [1.54, 1.807) is 4.90 Å². The predicted molar refractivity (Wildman–Crippen MR) is 151 cm³/mol. The zero-order chi connectivity index (χ0) is 26.6. The second-order valence-electron chi connectivity index (χ2n) is 10.9. The largest absolute Gasteiger partial charge is 0.486 e. The van der Waals surface area contributed by atoms with Gasteiger partial charge in [-0.25, -0.2) is 4.79 Å². The number of benzene rings is 3. The van der Waals surface area contributed by atoms with Gasteiger partial charge in [0.1, 0.15) is 11.9 Å². The number of carboxylic acid groups (broad SMARTS) is 1. The molecule has 0 aromatic heterocycles. The monoisotopic (exact) mass is 512 g/mol.